The monoisotopic (exact) mass is 459 g/mol. The molecule has 0 N–H and O–H groups in total. The van der Waals surface area contributed by atoms with E-state index in [1.165, 1.54) is 29.7 Å². The van der Waals surface area contributed by atoms with Crippen LogP contribution in [0.5, 0.6) is 0 Å². The molecule has 4 atom stereocenters. The number of alkyl halides is 1. The smallest absolute Gasteiger partial charge is 0.345 e. The third kappa shape index (κ3) is 6.48. The summed E-state index contributed by atoms with van der Waals surface area (Å²) in [6.07, 6.45) is 5.37. The molecule has 0 aromatic carbocycles. The maximum Gasteiger partial charge on any atom is 0.345 e. The molecule has 7 nitrogen and oxygen atoms in total. The molecule has 1 aliphatic heterocycles. The number of hydrogen-bond acceptors (Lipinski definition) is 7. The van der Waals surface area contributed by atoms with E-state index in [-0.39, 0.29) is 41.6 Å². The van der Waals surface area contributed by atoms with Gasteiger partial charge in [0.05, 0.1) is 11.8 Å². The molecule has 9 heteroatoms. The van der Waals surface area contributed by atoms with Crippen LogP contribution in [0, 0.1) is 11.3 Å². The first-order valence-corrected chi connectivity index (χ1v) is 11.6. The number of halogens is 1. The molecule has 1 amide bonds. The van der Waals surface area contributed by atoms with Crippen molar-refractivity contribution in [2.45, 2.75) is 76.8 Å². The Kier molecular flexibility index (Phi) is 8.79. The van der Waals surface area contributed by atoms with Gasteiger partial charge in [-0.15, -0.1) is 11.8 Å². The zero-order chi connectivity index (χ0) is 22.5. The summed E-state index contributed by atoms with van der Waals surface area (Å²) in [5, 5.41) is 1.18. The van der Waals surface area contributed by atoms with E-state index in [0.717, 1.165) is 25.7 Å². The standard InChI is InChI=1S/C21H30ClNO6S/c1-13(2)21(4)8-5-6-15(11-21)29-18(26)7-9-30-17-10-16(25)23(17)19(22)20(27)28-12-14(3)24/h7,9,13,15,17,19H,5-6,8,10-12H2,1-4H3/t15-,17-,19?,21+/m0/s1. The van der Waals surface area contributed by atoms with E-state index in [1.54, 1.807) is 5.41 Å². The lowest BCUT2D eigenvalue weighted by molar-refractivity contribution is -0.158. The molecule has 0 aromatic rings. The first kappa shape index (κ1) is 24.7. The molecule has 2 aliphatic rings. The van der Waals surface area contributed by atoms with Crippen LogP contribution in [0.4, 0.5) is 0 Å². The zero-order valence-corrected chi connectivity index (χ0v) is 19.5. The van der Waals surface area contributed by atoms with Gasteiger partial charge in [0.25, 0.3) is 0 Å². The van der Waals surface area contributed by atoms with Gasteiger partial charge < -0.3 is 14.4 Å². The van der Waals surface area contributed by atoms with Gasteiger partial charge in [-0.1, -0.05) is 32.4 Å². The van der Waals surface area contributed by atoms with Gasteiger partial charge >= 0.3 is 11.9 Å². The minimum atomic E-state index is -1.31. The van der Waals surface area contributed by atoms with Crippen LogP contribution in [-0.2, 0) is 28.7 Å². The fourth-order valence-electron chi connectivity index (χ4n) is 3.61. The van der Waals surface area contributed by atoms with Crippen LogP contribution in [0.25, 0.3) is 0 Å². The molecule has 0 bridgehead atoms. The first-order chi connectivity index (χ1) is 14.0. The summed E-state index contributed by atoms with van der Waals surface area (Å²) >= 11 is 7.22. The van der Waals surface area contributed by atoms with Crippen molar-refractivity contribution in [3.8, 4) is 0 Å². The third-order valence-corrected chi connectivity index (χ3v) is 7.28. The van der Waals surface area contributed by atoms with Crippen molar-refractivity contribution in [1.29, 1.82) is 0 Å². The van der Waals surface area contributed by atoms with Crippen LogP contribution >= 0.6 is 23.4 Å². The molecule has 30 heavy (non-hydrogen) atoms. The molecule has 2 rings (SSSR count). The number of Topliss-reactive ketones (excluding diaryl/α,β-unsaturated/α-hetero) is 1. The normalized spacial score (nSPS) is 27.7. The highest BCUT2D eigenvalue weighted by atomic mass is 35.5. The van der Waals surface area contributed by atoms with E-state index in [9.17, 15) is 19.2 Å². The Hall–Kier alpha value is -1.54. The number of β-lactam (4-membered cyclic amide) rings is 1. The molecule has 0 aromatic heterocycles. The lowest BCUT2D eigenvalue weighted by Gasteiger charge is -2.41. The van der Waals surface area contributed by atoms with Gasteiger partial charge in [0.15, 0.2) is 5.78 Å². The summed E-state index contributed by atoms with van der Waals surface area (Å²) in [5.74, 6) is -1.35. The van der Waals surface area contributed by atoms with Gasteiger partial charge in [0, 0.05) is 6.08 Å². The molecule has 1 saturated heterocycles. The van der Waals surface area contributed by atoms with E-state index in [1.807, 2.05) is 0 Å². The van der Waals surface area contributed by atoms with Gasteiger partial charge in [-0.25, -0.2) is 9.59 Å². The first-order valence-electron chi connectivity index (χ1n) is 10.2. The number of nitrogens with zero attached hydrogens (tertiary/aromatic N) is 1. The number of ketones is 1. The van der Waals surface area contributed by atoms with Crippen LogP contribution in [0.3, 0.4) is 0 Å². The molecular formula is C21H30ClNO6S. The van der Waals surface area contributed by atoms with Crippen LogP contribution < -0.4 is 0 Å². The molecule has 2 fully saturated rings. The summed E-state index contributed by atoms with van der Waals surface area (Å²) in [6.45, 7) is 7.55. The van der Waals surface area contributed by atoms with Crippen molar-refractivity contribution in [2.24, 2.45) is 11.3 Å². The van der Waals surface area contributed by atoms with Crippen molar-refractivity contribution in [3.63, 3.8) is 0 Å². The van der Waals surface area contributed by atoms with Crippen LogP contribution in [-0.4, -0.2) is 52.1 Å². The van der Waals surface area contributed by atoms with Crippen LogP contribution in [0.2, 0.25) is 0 Å². The van der Waals surface area contributed by atoms with Crippen LogP contribution in [0.15, 0.2) is 11.5 Å². The minimum Gasteiger partial charge on any atom is -0.459 e. The van der Waals surface area contributed by atoms with Crippen LogP contribution in [0.1, 0.15) is 59.8 Å². The van der Waals surface area contributed by atoms with Gasteiger partial charge in [0.1, 0.15) is 12.7 Å². The molecule has 1 heterocycles. The SMILES string of the molecule is CC(=O)COC(=O)C(Cl)N1C(=O)C[C@@H]1SC=CC(=O)O[C@H]1CCC[C@@](C)(C(C)C)C1. The third-order valence-electron chi connectivity index (χ3n) is 5.89. The van der Waals surface area contributed by atoms with Crippen molar-refractivity contribution in [2.75, 3.05) is 6.61 Å². The highest BCUT2D eigenvalue weighted by molar-refractivity contribution is 8.02. The summed E-state index contributed by atoms with van der Waals surface area (Å²) < 4.78 is 10.4. The average Bonchev–Trinajstić information content (AvgIpc) is 2.65. The van der Waals surface area contributed by atoms with Crippen molar-refractivity contribution in [1.82, 2.24) is 4.90 Å². The molecule has 1 aliphatic carbocycles. The highest BCUT2D eigenvalue weighted by Gasteiger charge is 2.43. The number of hydrogen-bond donors (Lipinski definition) is 0. The number of rotatable bonds is 9. The van der Waals surface area contributed by atoms with E-state index < -0.39 is 17.4 Å². The van der Waals surface area contributed by atoms with Crippen molar-refractivity contribution >= 4 is 47.0 Å². The van der Waals surface area contributed by atoms with E-state index in [4.69, 9.17) is 21.1 Å². The minimum absolute atomic E-state index is 0.0849. The quantitative estimate of drug-likeness (QED) is 0.171. The second-order valence-corrected chi connectivity index (χ2v) is 10.0. The Morgan fingerprint density at radius 3 is 2.67 bits per heavy atom. The average molecular weight is 460 g/mol. The van der Waals surface area contributed by atoms with Gasteiger partial charge in [0.2, 0.25) is 11.4 Å². The topological polar surface area (TPSA) is 90.0 Å². The lowest BCUT2D eigenvalue weighted by atomic mass is 9.67. The Balaban J connectivity index is 1.81. The number of esters is 2. The number of ether oxygens (including phenoxy) is 2. The Morgan fingerprint density at radius 2 is 2.07 bits per heavy atom. The molecule has 1 unspecified atom stereocenters. The van der Waals surface area contributed by atoms with Gasteiger partial charge in [-0.05, 0) is 49.3 Å². The Labute approximate surface area is 186 Å². The van der Waals surface area contributed by atoms with E-state index >= 15 is 0 Å². The largest absolute Gasteiger partial charge is 0.459 e. The van der Waals surface area contributed by atoms with Crippen molar-refractivity contribution in [3.05, 3.63) is 11.5 Å². The molecule has 0 spiro atoms. The number of amides is 1. The maximum absolute atomic E-state index is 12.2. The second-order valence-electron chi connectivity index (χ2n) is 8.51. The van der Waals surface area contributed by atoms with Gasteiger partial charge in [-0.3, -0.25) is 9.59 Å². The molecular weight excluding hydrogens is 430 g/mol. The van der Waals surface area contributed by atoms with Gasteiger partial charge in [-0.2, -0.15) is 0 Å². The fourth-order valence-corrected chi connectivity index (χ4v) is 4.97. The highest BCUT2D eigenvalue weighted by Crippen LogP contribution is 2.43. The number of thioether (sulfide) groups is 1. The predicted molar refractivity (Wildman–Crippen MR) is 115 cm³/mol. The summed E-state index contributed by atoms with van der Waals surface area (Å²) in [7, 11) is 0. The molecule has 1 saturated carbocycles. The number of likely N-dealkylation sites (tertiary alicyclic amines) is 1. The Bertz CT molecular complexity index is 712. The summed E-state index contributed by atoms with van der Waals surface area (Å²) in [4.78, 5) is 48.0. The maximum atomic E-state index is 12.2. The van der Waals surface area contributed by atoms with E-state index in [0.29, 0.717) is 5.92 Å². The van der Waals surface area contributed by atoms with Crippen molar-refractivity contribution < 1.29 is 28.7 Å². The molecule has 0 radical (unpaired) electrons. The van der Waals surface area contributed by atoms with E-state index in [2.05, 4.69) is 20.8 Å². The zero-order valence-electron chi connectivity index (χ0n) is 17.9. The Morgan fingerprint density at radius 1 is 1.37 bits per heavy atom. The second kappa shape index (κ2) is 10.7. The summed E-state index contributed by atoms with van der Waals surface area (Å²) in [5.41, 5.74) is -1.12. The predicted octanol–water partition coefficient (Wildman–Crippen LogP) is 3.64. The number of carbonyl (C=O) groups is 4. The number of carbonyl (C=O) groups excluding carboxylic acids is 4. The fraction of sp³-hybridized carbons (Fsp3) is 0.714. The lowest BCUT2D eigenvalue weighted by Crippen LogP contribution is -2.56. The molecule has 168 valence electrons. The summed E-state index contributed by atoms with van der Waals surface area (Å²) in [6, 6.07) is 0.